The van der Waals surface area contributed by atoms with Gasteiger partial charge in [-0.05, 0) is 25.0 Å². The summed E-state index contributed by atoms with van der Waals surface area (Å²) < 4.78 is 20.6. The van der Waals surface area contributed by atoms with E-state index in [1.165, 1.54) is 12.5 Å². The summed E-state index contributed by atoms with van der Waals surface area (Å²) in [6, 6.07) is 0. The van der Waals surface area contributed by atoms with E-state index < -0.39 is 8.25 Å². The van der Waals surface area contributed by atoms with E-state index in [1.54, 1.807) is 12.2 Å². The molecular formula is C8H13Br2O3P. The molecule has 0 aromatic heterocycles. The Balaban J connectivity index is 3.45. The summed E-state index contributed by atoms with van der Waals surface area (Å²) in [6.07, 6.45) is 8.05. The molecule has 0 aliphatic carbocycles. The monoisotopic (exact) mass is 346 g/mol. The number of alkyl halides is 2. The first kappa shape index (κ1) is 14.3. The lowest BCUT2D eigenvalue weighted by Gasteiger charge is -1.98. The minimum Gasteiger partial charge on any atom is -0.426 e. The molecule has 0 bridgehead atoms. The van der Waals surface area contributed by atoms with Crippen LogP contribution in [0.25, 0.3) is 0 Å². The lowest BCUT2D eigenvalue weighted by molar-refractivity contribution is 0.354. The fourth-order valence-electron chi connectivity index (χ4n) is 0.497. The van der Waals surface area contributed by atoms with Crippen molar-refractivity contribution in [1.82, 2.24) is 0 Å². The van der Waals surface area contributed by atoms with Crippen LogP contribution in [-0.2, 0) is 13.6 Å². The maximum atomic E-state index is 11.0. The van der Waals surface area contributed by atoms with Crippen LogP contribution in [0.3, 0.4) is 0 Å². The second kappa shape index (κ2) is 11.3. The van der Waals surface area contributed by atoms with Crippen molar-refractivity contribution in [3.63, 3.8) is 0 Å². The average molecular weight is 348 g/mol. The third kappa shape index (κ3) is 10.4. The highest BCUT2D eigenvalue weighted by Crippen LogP contribution is 2.24. The highest BCUT2D eigenvalue weighted by Gasteiger charge is 1.91. The molecule has 0 aromatic carbocycles. The average Bonchev–Trinajstić information content (AvgIpc) is 2.19. The first-order chi connectivity index (χ1) is 6.81. The van der Waals surface area contributed by atoms with Crippen molar-refractivity contribution in [2.75, 3.05) is 10.7 Å². The van der Waals surface area contributed by atoms with Gasteiger partial charge in [0.2, 0.25) is 0 Å². The number of allylic oxidation sites excluding steroid dienone is 2. The topological polar surface area (TPSA) is 35.5 Å². The Morgan fingerprint density at radius 3 is 1.79 bits per heavy atom. The van der Waals surface area contributed by atoms with Gasteiger partial charge in [0.15, 0.2) is 0 Å². The summed E-state index contributed by atoms with van der Waals surface area (Å²) in [7, 11) is -2.40. The SMILES string of the molecule is O=[PH](O/C=C/CCBr)O/C=C/CCBr. The summed E-state index contributed by atoms with van der Waals surface area (Å²) in [5.74, 6) is 0. The van der Waals surface area contributed by atoms with E-state index in [2.05, 4.69) is 31.9 Å². The number of halogens is 2. The third-order valence-corrected chi connectivity index (χ3v) is 2.65. The van der Waals surface area contributed by atoms with Crippen LogP contribution in [-0.4, -0.2) is 10.7 Å². The highest BCUT2D eigenvalue weighted by molar-refractivity contribution is 9.09. The molecule has 0 spiro atoms. The third-order valence-electron chi connectivity index (χ3n) is 1.07. The molecule has 0 aromatic rings. The maximum Gasteiger partial charge on any atom is 0.417 e. The largest absolute Gasteiger partial charge is 0.426 e. The summed E-state index contributed by atoms with van der Waals surface area (Å²) in [4.78, 5) is 0. The van der Waals surface area contributed by atoms with Gasteiger partial charge < -0.3 is 9.05 Å². The Labute approximate surface area is 102 Å². The van der Waals surface area contributed by atoms with E-state index in [1.807, 2.05) is 0 Å². The van der Waals surface area contributed by atoms with Gasteiger partial charge in [-0.25, -0.2) is 4.57 Å². The minimum atomic E-state index is -2.40. The van der Waals surface area contributed by atoms with E-state index in [4.69, 9.17) is 9.05 Å². The quantitative estimate of drug-likeness (QED) is 0.378. The first-order valence-electron chi connectivity index (χ1n) is 4.10. The summed E-state index contributed by atoms with van der Waals surface area (Å²) in [5.41, 5.74) is 0. The molecule has 6 heteroatoms. The van der Waals surface area contributed by atoms with Crippen LogP contribution < -0.4 is 0 Å². The standard InChI is InChI=1S/C8H13Br2O3P/c9-5-1-3-7-12-14(11)13-8-4-2-6-10/h3-4,7-8,14H,1-2,5-6H2/b7-3+,8-4+. The number of hydrogen-bond donors (Lipinski definition) is 0. The van der Waals surface area contributed by atoms with Crippen molar-refractivity contribution >= 4 is 40.1 Å². The smallest absolute Gasteiger partial charge is 0.417 e. The van der Waals surface area contributed by atoms with Gasteiger partial charge in [0.05, 0.1) is 12.5 Å². The predicted octanol–water partition coefficient (Wildman–Crippen LogP) is 4.01. The molecule has 0 saturated carbocycles. The molecule has 0 N–H and O–H groups in total. The predicted molar refractivity (Wildman–Crippen MR) is 66.3 cm³/mol. The maximum absolute atomic E-state index is 11.0. The van der Waals surface area contributed by atoms with Crippen LogP contribution in [0.15, 0.2) is 24.7 Å². The molecule has 0 atom stereocenters. The van der Waals surface area contributed by atoms with Crippen molar-refractivity contribution in [1.29, 1.82) is 0 Å². The number of rotatable bonds is 8. The van der Waals surface area contributed by atoms with Gasteiger partial charge in [-0.2, -0.15) is 0 Å². The lowest BCUT2D eigenvalue weighted by atomic mass is 10.5. The Hall–Kier alpha value is 0.270. The molecule has 0 fully saturated rings. The molecule has 0 unspecified atom stereocenters. The molecule has 0 radical (unpaired) electrons. The Morgan fingerprint density at radius 1 is 1.00 bits per heavy atom. The van der Waals surface area contributed by atoms with Crippen molar-refractivity contribution in [3.8, 4) is 0 Å². The lowest BCUT2D eigenvalue weighted by Crippen LogP contribution is -1.72. The zero-order chi connectivity index (χ0) is 10.6. The Morgan fingerprint density at radius 2 is 1.43 bits per heavy atom. The van der Waals surface area contributed by atoms with Crippen LogP contribution in [0.2, 0.25) is 0 Å². The van der Waals surface area contributed by atoms with Crippen molar-refractivity contribution in [2.24, 2.45) is 0 Å². The molecule has 0 aliphatic rings. The minimum absolute atomic E-state index is 0.842. The summed E-state index contributed by atoms with van der Waals surface area (Å²) in [6.45, 7) is 0. The van der Waals surface area contributed by atoms with E-state index in [0.717, 1.165) is 23.5 Å². The Bertz CT molecular complexity index is 187. The van der Waals surface area contributed by atoms with E-state index in [-0.39, 0.29) is 0 Å². The van der Waals surface area contributed by atoms with Crippen LogP contribution in [0.5, 0.6) is 0 Å². The van der Waals surface area contributed by atoms with E-state index >= 15 is 0 Å². The van der Waals surface area contributed by atoms with Crippen LogP contribution in [0, 0.1) is 0 Å². The molecule has 0 heterocycles. The summed E-state index contributed by atoms with van der Waals surface area (Å²) >= 11 is 6.50. The zero-order valence-electron chi connectivity index (χ0n) is 7.62. The molecule has 0 rings (SSSR count). The molecule has 0 amide bonds. The van der Waals surface area contributed by atoms with Gasteiger partial charge in [-0.1, -0.05) is 31.9 Å². The van der Waals surface area contributed by atoms with Gasteiger partial charge in [-0.15, -0.1) is 0 Å². The fraction of sp³-hybridized carbons (Fsp3) is 0.500. The molecule has 3 nitrogen and oxygen atoms in total. The molecular weight excluding hydrogens is 335 g/mol. The number of hydrogen-bond acceptors (Lipinski definition) is 3. The van der Waals surface area contributed by atoms with E-state index in [9.17, 15) is 4.57 Å². The normalized spacial score (nSPS) is 11.6. The molecule has 0 aliphatic heterocycles. The summed E-state index contributed by atoms with van der Waals surface area (Å²) in [5, 5.41) is 1.72. The van der Waals surface area contributed by atoms with Crippen LogP contribution >= 0.6 is 40.1 Å². The van der Waals surface area contributed by atoms with Gasteiger partial charge >= 0.3 is 8.25 Å². The fourth-order valence-corrected chi connectivity index (χ4v) is 1.50. The van der Waals surface area contributed by atoms with Crippen molar-refractivity contribution in [3.05, 3.63) is 24.7 Å². The first-order valence-corrected chi connectivity index (χ1v) is 7.57. The zero-order valence-corrected chi connectivity index (χ0v) is 11.8. The van der Waals surface area contributed by atoms with Crippen molar-refractivity contribution < 1.29 is 13.6 Å². The van der Waals surface area contributed by atoms with Gasteiger partial charge in [0.25, 0.3) is 0 Å². The second-order valence-electron chi connectivity index (χ2n) is 2.18. The van der Waals surface area contributed by atoms with Gasteiger partial charge in [-0.3, -0.25) is 0 Å². The molecule has 0 saturated heterocycles. The highest BCUT2D eigenvalue weighted by atomic mass is 79.9. The molecule has 82 valence electrons. The van der Waals surface area contributed by atoms with Gasteiger partial charge in [0, 0.05) is 10.7 Å². The van der Waals surface area contributed by atoms with Crippen molar-refractivity contribution in [2.45, 2.75) is 12.8 Å². The van der Waals surface area contributed by atoms with Gasteiger partial charge in [0.1, 0.15) is 0 Å². The Kier molecular flexibility index (Phi) is 11.6. The molecule has 14 heavy (non-hydrogen) atoms. The second-order valence-corrected chi connectivity index (χ2v) is 4.74. The van der Waals surface area contributed by atoms with E-state index in [0.29, 0.717) is 0 Å². The van der Waals surface area contributed by atoms with Crippen LogP contribution in [0.1, 0.15) is 12.8 Å². The van der Waals surface area contributed by atoms with Crippen LogP contribution in [0.4, 0.5) is 0 Å².